The normalized spacial score (nSPS) is 12.9. The average Bonchev–Trinajstić information content (AvgIpc) is 2.58. The number of hydrogen-bond donors (Lipinski definition) is 2. The molecule has 0 aliphatic rings. The number of aromatic nitrogens is 3. The second-order valence-electron chi connectivity index (χ2n) is 3.32. The van der Waals surface area contributed by atoms with Crippen molar-refractivity contribution in [1.82, 2.24) is 14.4 Å². The van der Waals surface area contributed by atoms with E-state index in [9.17, 15) is 4.79 Å². The Morgan fingerprint density at radius 2 is 2.33 bits per heavy atom. The lowest BCUT2D eigenvalue weighted by molar-refractivity contribution is -0.138. The number of carboxylic acid groups (broad SMARTS) is 1. The highest BCUT2D eigenvalue weighted by molar-refractivity contribution is 5.74. The molecule has 2 aromatic rings. The summed E-state index contributed by atoms with van der Waals surface area (Å²) in [6.45, 7) is 1.89. The molecule has 78 valence electrons. The van der Waals surface area contributed by atoms with Gasteiger partial charge >= 0.3 is 5.97 Å². The topological polar surface area (TPSA) is 93.5 Å². The zero-order chi connectivity index (χ0) is 11.0. The van der Waals surface area contributed by atoms with Crippen molar-refractivity contribution in [2.24, 2.45) is 5.73 Å². The van der Waals surface area contributed by atoms with Gasteiger partial charge in [-0.2, -0.15) is 0 Å². The standard InChI is InChI=1S/C9H10N4O2/c1-5-2-11-9-12-6(4-13(9)3-5)7(10)8(14)15/h2-4,7H,10H2,1H3,(H,14,15). The Balaban J connectivity index is 2.51. The molecule has 6 heteroatoms. The summed E-state index contributed by atoms with van der Waals surface area (Å²) < 4.78 is 1.66. The Labute approximate surface area is 85.4 Å². The van der Waals surface area contributed by atoms with Crippen LogP contribution in [0.3, 0.4) is 0 Å². The first-order valence-corrected chi connectivity index (χ1v) is 4.37. The first kappa shape index (κ1) is 9.60. The van der Waals surface area contributed by atoms with E-state index >= 15 is 0 Å². The maximum Gasteiger partial charge on any atom is 0.326 e. The van der Waals surface area contributed by atoms with E-state index in [1.807, 2.05) is 13.1 Å². The summed E-state index contributed by atoms with van der Waals surface area (Å²) in [5.74, 6) is -0.651. The molecule has 2 aromatic heterocycles. The van der Waals surface area contributed by atoms with Crippen LogP contribution < -0.4 is 5.73 Å². The highest BCUT2D eigenvalue weighted by Gasteiger charge is 2.17. The van der Waals surface area contributed by atoms with Gasteiger partial charge in [-0.1, -0.05) is 0 Å². The van der Waals surface area contributed by atoms with Gasteiger partial charge in [-0.15, -0.1) is 0 Å². The number of carbonyl (C=O) groups is 1. The minimum absolute atomic E-state index is 0.306. The number of nitrogens with zero attached hydrogens (tertiary/aromatic N) is 3. The molecule has 15 heavy (non-hydrogen) atoms. The number of carboxylic acids is 1. The maximum atomic E-state index is 10.6. The molecular weight excluding hydrogens is 196 g/mol. The van der Waals surface area contributed by atoms with Gasteiger partial charge in [0.25, 0.3) is 0 Å². The summed E-state index contributed by atoms with van der Waals surface area (Å²) in [6, 6.07) is -1.10. The monoisotopic (exact) mass is 206 g/mol. The number of aliphatic carboxylic acids is 1. The lowest BCUT2D eigenvalue weighted by Crippen LogP contribution is -2.20. The third-order valence-electron chi connectivity index (χ3n) is 2.04. The predicted molar refractivity (Wildman–Crippen MR) is 52.3 cm³/mol. The van der Waals surface area contributed by atoms with Crippen molar-refractivity contribution in [2.75, 3.05) is 0 Å². The molecular formula is C9H10N4O2. The number of imidazole rings is 1. The van der Waals surface area contributed by atoms with Crippen molar-refractivity contribution in [1.29, 1.82) is 0 Å². The molecule has 0 aliphatic heterocycles. The Bertz CT molecular complexity index is 520. The van der Waals surface area contributed by atoms with Crippen molar-refractivity contribution >= 4 is 11.7 Å². The number of hydrogen-bond acceptors (Lipinski definition) is 4. The summed E-state index contributed by atoms with van der Waals surface area (Å²) in [5.41, 5.74) is 6.71. The molecule has 1 unspecified atom stereocenters. The van der Waals surface area contributed by atoms with Crippen LogP contribution in [0.1, 0.15) is 17.3 Å². The van der Waals surface area contributed by atoms with E-state index in [0.717, 1.165) is 5.56 Å². The molecule has 0 saturated carbocycles. The fourth-order valence-corrected chi connectivity index (χ4v) is 1.28. The first-order valence-electron chi connectivity index (χ1n) is 4.37. The van der Waals surface area contributed by atoms with Crippen molar-refractivity contribution in [3.05, 3.63) is 29.8 Å². The van der Waals surface area contributed by atoms with E-state index in [-0.39, 0.29) is 0 Å². The van der Waals surface area contributed by atoms with Crippen molar-refractivity contribution in [3.63, 3.8) is 0 Å². The van der Waals surface area contributed by atoms with Gasteiger partial charge in [-0.3, -0.25) is 9.20 Å². The third-order valence-corrected chi connectivity index (χ3v) is 2.04. The fraction of sp³-hybridized carbons (Fsp3) is 0.222. The lowest BCUT2D eigenvalue weighted by Gasteiger charge is -1.99. The summed E-state index contributed by atoms with van der Waals surface area (Å²) in [6.07, 6.45) is 5.06. The molecule has 0 aliphatic carbocycles. The van der Waals surface area contributed by atoms with Gasteiger partial charge in [0.1, 0.15) is 6.04 Å². The van der Waals surface area contributed by atoms with E-state index in [2.05, 4.69) is 9.97 Å². The second-order valence-corrected chi connectivity index (χ2v) is 3.32. The summed E-state index contributed by atoms with van der Waals surface area (Å²) in [4.78, 5) is 18.7. The van der Waals surface area contributed by atoms with Crippen molar-refractivity contribution < 1.29 is 9.90 Å². The second kappa shape index (κ2) is 3.32. The van der Waals surface area contributed by atoms with Gasteiger partial charge in [0.05, 0.1) is 5.69 Å². The Hall–Kier alpha value is -1.95. The van der Waals surface area contributed by atoms with E-state index in [0.29, 0.717) is 11.5 Å². The van der Waals surface area contributed by atoms with Crippen LogP contribution in [0.4, 0.5) is 0 Å². The zero-order valence-electron chi connectivity index (χ0n) is 8.08. The largest absolute Gasteiger partial charge is 0.480 e. The average molecular weight is 206 g/mol. The zero-order valence-corrected chi connectivity index (χ0v) is 8.08. The van der Waals surface area contributed by atoms with E-state index < -0.39 is 12.0 Å². The summed E-state index contributed by atoms with van der Waals surface area (Å²) >= 11 is 0. The van der Waals surface area contributed by atoms with E-state index in [1.54, 1.807) is 16.8 Å². The van der Waals surface area contributed by atoms with E-state index in [1.165, 1.54) is 0 Å². The van der Waals surface area contributed by atoms with Gasteiger partial charge in [-0.25, -0.2) is 9.97 Å². The van der Waals surface area contributed by atoms with Gasteiger partial charge in [0.15, 0.2) is 0 Å². The highest BCUT2D eigenvalue weighted by atomic mass is 16.4. The molecule has 1 atom stereocenters. The van der Waals surface area contributed by atoms with Gasteiger partial charge in [0.2, 0.25) is 5.78 Å². The molecule has 0 amide bonds. The van der Waals surface area contributed by atoms with Gasteiger partial charge in [-0.05, 0) is 12.5 Å². The number of nitrogens with two attached hydrogens (primary N) is 1. The molecule has 0 saturated heterocycles. The van der Waals surface area contributed by atoms with Crippen LogP contribution in [0.5, 0.6) is 0 Å². The SMILES string of the molecule is Cc1cnc2nc(C(N)C(=O)O)cn2c1. The lowest BCUT2D eigenvalue weighted by atomic mass is 10.2. The summed E-state index contributed by atoms with van der Waals surface area (Å²) in [7, 11) is 0. The highest BCUT2D eigenvalue weighted by Crippen LogP contribution is 2.10. The van der Waals surface area contributed by atoms with Crippen molar-refractivity contribution in [3.8, 4) is 0 Å². The smallest absolute Gasteiger partial charge is 0.326 e. The molecule has 0 fully saturated rings. The van der Waals surface area contributed by atoms with E-state index in [4.69, 9.17) is 10.8 Å². The quantitative estimate of drug-likeness (QED) is 0.728. The molecule has 0 radical (unpaired) electrons. The first-order chi connectivity index (χ1) is 7.08. The number of aryl methyl sites for hydroxylation is 1. The number of fused-ring (bicyclic) bond motifs is 1. The minimum Gasteiger partial charge on any atom is -0.480 e. The minimum atomic E-state index is -1.10. The maximum absolute atomic E-state index is 10.6. The Kier molecular flexibility index (Phi) is 2.12. The van der Waals surface area contributed by atoms with Crippen LogP contribution in [0, 0.1) is 6.92 Å². The third kappa shape index (κ3) is 1.66. The molecule has 2 rings (SSSR count). The molecule has 0 spiro atoms. The predicted octanol–water partition coefficient (Wildman–Crippen LogP) is 0.122. The van der Waals surface area contributed by atoms with Crippen LogP contribution in [0.15, 0.2) is 18.6 Å². The van der Waals surface area contributed by atoms with Gasteiger partial charge in [0, 0.05) is 18.6 Å². The van der Waals surface area contributed by atoms with Crippen LogP contribution >= 0.6 is 0 Å². The number of rotatable bonds is 2. The summed E-state index contributed by atoms with van der Waals surface area (Å²) in [5, 5.41) is 8.72. The molecule has 6 nitrogen and oxygen atoms in total. The molecule has 0 aromatic carbocycles. The molecule has 2 heterocycles. The van der Waals surface area contributed by atoms with Crippen LogP contribution in [-0.4, -0.2) is 25.4 Å². The fourth-order valence-electron chi connectivity index (χ4n) is 1.28. The molecule has 0 bridgehead atoms. The molecule has 3 N–H and O–H groups in total. The van der Waals surface area contributed by atoms with Crippen molar-refractivity contribution in [2.45, 2.75) is 13.0 Å². The Morgan fingerprint density at radius 3 is 3.00 bits per heavy atom. The van der Waals surface area contributed by atoms with Crippen LogP contribution in [0.2, 0.25) is 0 Å². The van der Waals surface area contributed by atoms with Crippen LogP contribution in [-0.2, 0) is 4.79 Å². The van der Waals surface area contributed by atoms with Crippen LogP contribution in [0.25, 0.3) is 5.78 Å². The van der Waals surface area contributed by atoms with Gasteiger partial charge < -0.3 is 10.8 Å². The Morgan fingerprint density at radius 1 is 1.60 bits per heavy atom.